The van der Waals surface area contributed by atoms with E-state index in [1.54, 1.807) is 25.3 Å². The summed E-state index contributed by atoms with van der Waals surface area (Å²) in [5.74, 6) is 0.599. The highest BCUT2D eigenvalue weighted by atomic mass is 35.5. The minimum Gasteiger partial charge on any atom is -0.490 e. The predicted molar refractivity (Wildman–Crippen MR) is 80.1 cm³/mol. The molecule has 0 unspecified atom stereocenters. The quantitative estimate of drug-likeness (QED) is 0.561. The van der Waals surface area contributed by atoms with Crippen LogP contribution < -0.4 is 10.5 Å². The van der Waals surface area contributed by atoms with Gasteiger partial charge in [0.15, 0.2) is 0 Å². The second-order valence-electron chi connectivity index (χ2n) is 3.82. The van der Waals surface area contributed by atoms with Crippen molar-refractivity contribution < 1.29 is 14.2 Å². The van der Waals surface area contributed by atoms with Gasteiger partial charge in [0.2, 0.25) is 0 Å². The van der Waals surface area contributed by atoms with Crippen LogP contribution in [0.25, 0.3) is 0 Å². The van der Waals surface area contributed by atoms with Crippen molar-refractivity contribution in [2.45, 2.75) is 6.42 Å². The molecular weight excluding hydrogens is 286 g/mol. The van der Waals surface area contributed by atoms with E-state index in [1.165, 1.54) is 0 Å². The summed E-state index contributed by atoms with van der Waals surface area (Å²) in [7, 11) is 1.67. The van der Waals surface area contributed by atoms with E-state index in [-0.39, 0.29) is 0 Å². The lowest BCUT2D eigenvalue weighted by atomic mass is 10.2. The molecule has 6 heteroatoms. The largest absolute Gasteiger partial charge is 0.490 e. The zero-order chi connectivity index (χ0) is 14.1. The highest BCUT2D eigenvalue weighted by molar-refractivity contribution is 7.80. The zero-order valence-electron chi connectivity index (χ0n) is 10.9. The lowest BCUT2D eigenvalue weighted by molar-refractivity contribution is 0.0807. The fourth-order valence-corrected chi connectivity index (χ4v) is 1.75. The van der Waals surface area contributed by atoms with Crippen LogP contribution in [0.3, 0.4) is 0 Å². The Morgan fingerprint density at radius 2 is 2.05 bits per heavy atom. The van der Waals surface area contributed by atoms with Gasteiger partial charge in [0.05, 0.1) is 11.6 Å². The van der Waals surface area contributed by atoms with Crippen molar-refractivity contribution in [3.8, 4) is 5.75 Å². The Labute approximate surface area is 123 Å². The van der Waals surface area contributed by atoms with Crippen molar-refractivity contribution in [3.05, 3.63) is 28.8 Å². The first-order valence-corrected chi connectivity index (χ1v) is 6.72. The molecule has 0 bridgehead atoms. The van der Waals surface area contributed by atoms with Gasteiger partial charge in [-0.05, 0) is 24.6 Å². The summed E-state index contributed by atoms with van der Waals surface area (Å²) in [6.45, 7) is 2.31. The van der Waals surface area contributed by atoms with Gasteiger partial charge in [-0.15, -0.1) is 0 Å². The van der Waals surface area contributed by atoms with Gasteiger partial charge >= 0.3 is 0 Å². The normalized spacial score (nSPS) is 10.4. The molecule has 106 valence electrons. The lowest BCUT2D eigenvalue weighted by Gasteiger charge is -2.09. The fraction of sp³-hybridized carbons (Fsp3) is 0.462. The number of nitrogens with two attached hydrogens (primary N) is 1. The Bertz CT molecular complexity index is 415. The molecule has 0 aliphatic rings. The number of halogens is 1. The number of hydrogen-bond donors (Lipinski definition) is 1. The molecule has 0 heterocycles. The Hall–Kier alpha value is -0.880. The van der Waals surface area contributed by atoms with Gasteiger partial charge in [-0.2, -0.15) is 0 Å². The second-order valence-corrected chi connectivity index (χ2v) is 4.66. The van der Waals surface area contributed by atoms with E-state index in [0.717, 1.165) is 12.0 Å². The lowest BCUT2D eigenvalue weighted by Crippen LogP contribution is -2.10. The third-order valence-electron chi connectivity index (χ3n) is 2.34. The third kappa shape index (κ3) is 6.20. The highest BCUT2D eigenvalue weighted by Crippen LogP contribution is 2.25. The molecule has 0 spiro atoms. The van der Waals surface area contributed by atoms with E-state index in [2.05, 4.69) is 0 Å². The van der Waals surface area contributed by atoms with Crippen LogP contribution >= 0.6 is 23.8 Å². The summed E-state index contributed by atoms with van der Waals surface area (Å²) in [4.78, 5) is 0.315. The summed E-state index contributed by atoms with van der Waals surface area (Å²) >= 11 is 10.9. The number of methoxy groups -OCH3 is 1. The summed E-state index contributed by atoms with van der Waals surface area (Å²) < 4.78 is 15.8. The molecule has 0 fully saturated rings. The maximum absolute atomic E-state index is 6.06. The number of hydrogen-bond acceptors (Lipinski definition) is 4. The van der Waals surface area contributed by atoms with E-state index in [4.69, 9.17) is 43.8 Å². The molecular formula is C13H18ClNO3S. The van der Waals surface area contributed by atoms with Crippen LogP contribution in [-0.4, -0.2) is 38.5 Å². The van der Waals surface area contributed by atoms with E-state index in [1.807, 2.05) is 0 Å². The summed E-state index contributed by atoms with van der Waals surface area (Å²) in [5, 5.41) is 0.490. The van der Waals surface area contributed by atoms with Gasteiger partial charge in [-0.3, -0.25) is 0 Å². The van der Waals surface area contributed by atoms with Gasteiger partial charge in [0.1, 0.15) is 17.3 Å². The summed E-state index contributed by atoms with van der Waals surface area (Å²) in [6.07, 6.45) is 0.875. The van der Waals surface area contributed by atoms with Gasteiger partial charge in [0.25, 0.3) is 0 Å². The van der Waals surface area contributed by atoms with Gasteiger partial charge in [0, 0.05) is 25.9 Å². The number of ether oxygens (including phenoxy) is 3. The Morgan fingerprint density at radius 3 is 2.68 bits per heavy atom. The van der Waals surface area contributed by atoms with Crippen LogP contribution in [-0.2, 0) is 9.47 Å². The van der Waals surface area contributed by atoms with Crippen LogP contribution in [0.5, 0.6) is 5.75 Å². The molecule has 2 N–H and O–H groups in total. The van der Waals surface area contributed by atoms with Crippen LogP contribution in [0.15, 0.2) is 18.2 Å². The highest BCUT2D eigenvalue weighted by Gasteiger charge is 2.04. The van der Waals surface area contributed by atoms with Gasteiger partial charge < -0.3 is 19.9 Å². The molecule has 19 heavy (non-hydrogen) atoms. The monoisotopic (exact) mass is 303 g/mol. The molecule has 1 rings (SSSR count). The molecule has 4 nitrogen and oxygen atoms in total. The maximum Gasteiger partial charge on any atom is 0.138 e. The topological polar surface area (TPSA) is 53.7 Å². The minimum absolute atomic E-state index is 0.315. The van der Waals surface area contributed by atoms with Crippen LogP contribution in [0.4, 0.5) is 0 Å². The average molecular weight is 304 g/mol. The third-order valence-corrected chi connectivity index (χ3v) is 2.87. The molecule has 0 saturated heterocycles. The molecule has 0 atom stereocenters. The van der Waals surface area contributed by atoms with Crippen molar-refractivity contribution in [2.24, 2.45) is 5.73 Å². The molecule has 0 aromatic heterocycles. The van der Waals surface area contributed by atoms with E-state index in [9.17, 15) is 0 Å². The smallest absolute Gasteiger partial charge is 0.138 e. The zero-order valence-corrected chi connectivity index (χ0v) is 12.4. The Balaban J connectivity index is 2.28. The van der Waals surface area contributed by atoms with Crippen molar-refractivity contribution in [2.75, 3.05) is 33.5 Å². The average Bonchev–Trinajstić information content (AvgIpc) is 2.39. The first kappa shape index (κ1) is 16.2. The van der Waals surface area contributed by atoms with Crippen LogP contribution in [0, 0.1) is 0 Å². The molecule has 0 aliphatic heterocycles. The van der Waals surface area contributed by atoms with E-state index < -0.39 is 0 Å². The van der Waals surface area contributed by atoms with Crippen LogP contribution in [0.2, 0.25) is 5.02 Å². The molecule has 0 radical (unpaired) electrons. The van der Waals surface area contributed by atoms with Crippen LogP contribution in [0.1, 0.15) is 12.0 Å². The van der Waals surface area contributed by atoms with Crippen molar-refractivity contribution in [1.29, 1.82) is 0 Å². The molecule has 0 saturated carbocycles. The van der Waals surface area contributed by atoms with E-state index in [0.29, 0.717) is 42.2 Å². The van der Waals surface area contributed by atoms with Crippen molar-refractivity contribution in [1.82, 2.24) is 0 Å². The molecule has 0 amide bonds. The van der Waals surface area contributed by atoms with Gasteiger partial charge in [-0.25, -0.2) is 0 Å². The van der Waals surface area contributed by atoms with Gasteiger partial charge in [-0.1, -0.05) is 23.8 Å². The first-order valence-electron chi connectivity index (χ1n) is 5.94. The first-order chi connectivity index (χ1) is 9.15. The fourth-order valence-electron chi connectivity index (χ4n) is 1.39. The second kappa shape index (κ2) is 9.09. The maximum atomic E-state index is 6.06. The number of rotatable bonds is 9. The summed E-state index contributed by atoms with van der Waals surface area (Å²) in [6, 6.07) is 5.23. The molecule has 1 aromatic carbocycles. The minimum atomic E-state index is 0.315. The molecule has 1 aromatic rings. The SMILES string of the molecule is COCCCOCCOc1ccc(C(N)=S)cc1Cl. The predicted octanol–water partition coefficient (Wildman–Crippen LogP) is 2.41. The Kier molecular flexibility index (Phi) is 7.74. The summed E-state index contributed by atoms with van der Waals surface area (Å²) in [5.41, 5.74) is 6.24. The standard InChI is InChI=1S/C13H18ClNO3S/c1-16-5-2-6-17-7-8-18-12-4-3-10(13(15)19)9-11(12)14/h3-4,9H,2,5-8H2,1H3,(H2,15,19). The molecule has 0 aliphatic carbocycles. The number of thiocarbonyl (C=S) groups is 1. The Morgan fingerprint density at radius 1 is 1.26 bits per heavy atom. The van der Waals surface area contributed by atoms with Crippen molar-refractivity contribution >= 4 is 28.8 Å². The number of benzene rings is 1. The van der Waals surface area contributed by atoms with Crippen molar-refractivity contribution in [3.63, 3.8) is 0 Å². The van der Waals surface area contributed by atoms with E-state index >= 15 is 0 Å².